The monoisotopic (exact) mass is 196 g/mol. The molecule has 4 heteroatoms. The van der Waals surface area contributed by atoms with Gasteiger partial charge in [0.05, 0.1) is 6.04 Å². The van der Waals surface area contributed by atoms with Crippen molar-refractivity contribution in [3.63, 3.8) is 0 Å². The number of nitrogens with zero attached hydrogens (tertiary/aromatic N) is 1. The molecule has 0 saturated heterocycles. The summed E-state index contributed by atoms with van der Waals surface area (Å²) in [5.74, 6) is -1.04. The number of benzene rings is 1. The predicted molar refractivity (Wildman–Crippen MR) is 50.0 cm³/mol. The predicted octanol–water partition coefficient (Wildman–Crippen LogP) is 2.38. The van der Waals surface area contributed by atoms with Gasteiger partial charge in [-0.2, -0.15) is 5.10 Å². The average Bonchev–Trinajstić information content (AvgIpc) is 2.51. The Balaban J connectivity index is 2.33. The molecule has 1 heterocycles. The topological polar surface area (TPSA) is 24.4 Å². The number of hydrazone groups is 1. The van der Waals surface area contributed by atoms with Crippen LogP contribution in [0.15, 0.2) is 23.3 Å². The van der Waals surface area contributed by atoms with Gasteiger partial charge in [0.1, 0.15) is 11.6 Å². The van der Waals surface area contributed by atoms with Gasteiger partial charge in [-0.15, -0.1) is 0 Å². The summed E-state index contributed by atoms with van der Waals surface area (Å²) >= 11 is 0. The third-order valence-electron chi connectivity index (χ3n) is 2.26. The Morgan fingerprint density at radius 3 is 2.50 bits per heavy atom. The van der Waals surface area contributed by atoms with Gasteiger partial charge in [0, 0.05) is 17.7 Å². The highest BCUT2D eigenvalue weighted by Gasteiger charge is 2.23. The maximum absolute atomic E-state index is 13.3. The van der Waals surface area contributed by atoms with E-state index in [1.165, 1.54) is 18.2 Å². The molecule has 0 aliphatic carbocycles. The molecule has 1 aliphatic heterocycles. The Kier molecular flexibility index (Phi) is 2.19. The molecule has 1 atom stereocenters. The highest BCUT2D eigenvalue weighted by Crippen LogP contribution is 2.26. The van der Waals surface area contributed by atoms with Gasteiger partial charge in [-0.3, -0.25) is 0 Å². The average molecular weight is 196 g/mol. The summed E-state index contributed by atoms with van der Waals surface area (Å²) in [4.78, 5) is 0. The molecule has 1 N–H and O–H groups in total. The van der Waals surface area contributed by atoms with Crippen molar-refractivity contribution in [2.75, 3.05) is 0 Å². The van der Waals surface area contributed by atoms with Gasteiger partial charge in [-0.05, 0) is 19.1 Å². The Bertz CT molecular complexity index is 367. The van der Waals surface area contributed by atoms with Crippen LogP contribution in [0, 0.1) is 11.6 Å². The molecule has 1 aromatic carbocycles. The van der Waals surface area contributed by atoms with Crippen LogP contribution in [0.5, 0.6) is 0 Å². The summed E-state index contributed by atoms with van der Waals surface area (Å²) in [5.41, 5.74) is 3.65. The summed E-state index contributed by atoms with van der Waals surface area (Å²) in [5, 5.41) is 3.91. The second-order valence-electron chi connectivity index (χ2n) is 3.37. The molecule has 2 nitrogen and oxygen atoms in total. The van der Waals surface area contributed by atoms with Gasteiger partial charge < -0.3 is 5.43 Å². The first-order chi connectivity index (χ1) is 6.68. The quantitative estimate of drug-likeness (QED) is 0.732. The molecule has 74 valence electrons. The van der Waals surface area contributed by atoms with E-state index in [1.54, 1.807) is 0 Å². The molecule has 2 rings (SSSR count). The van der Waals surface area contributed by atoms with E-state index >= 15 is 0 Å². The van der Waals surface area contributed by atoms with Gasteiger partial charge in [0.15, 0.2) is 0 Å². The number of hydrogen-bond acceptors (Lipinski definition) is 2. The largest absolute Gasteiger partial charge is 0.302 e. The minimum Gasteiger partial charge on any atom is -0.302 e. The van der Waals surface area contributed by atoms with Crippen LogP contribution in [0.25, 0.3) is 0 Å². The van der Waals surface area contributed by atoms with Crippen molar-refractivity contribution in [2.24, 2.45) is 5.10 Å². The number of rotatable bonds is 1. The zero-order chi connectivity index (χ0) is 10.1. The fourth-order valence-electron chi connectivity index (χ4n) is 1.59. The van der Waals surface area contributed by atoms with Crippen molar-refractivity contribution >= 4 is 5.71 Å². The third-order valence-corrected chi connectivity index (χ3v) is 2.26. The summed E-state index contributed by atoms with van der Waals surface area (Å²) < 4.78 is 26.6. The standard InChI is InChI=1S/C10H10F2N2/c1-6-5-9(14-13-6)10-7(11)3-2-4-8(10)12/h2-4,9,14H,5H2,1H3. The SMILES string of the molecule is CC1=NNC(c2c(F)cccc2F)C1. The van der Waals surface area contributed by atoms with E-state index < -0.39 is 11.6 Å². The second-order valence-corrected chi connectivity index (χ2v) is 3.37. The van der Waals surface area contributed by atoms with Crippen LogP contribution in [-0.4, -0.2) is 5.71 Å². The first-order valence-corrected chi connectivity index (χ1v) is 4.41. The van der Waals surface area contributed by atoms with Crippen LogP contribution in [0.4, 0.5) is 8.78 Å². The molecular weight excluding hydrogens is 186 g/mol. The van der Waals surface area contributed by atoms with Crippen LogP contribution in [0.3, 0.4) is 0 Å². The van der Waals surface area contributed by atoms with Crippen molar-refractivity contribution in [3.8, 4) is 0 Å². The van der Waals surface area contributed by atoms with E-state index in [0.29, 0.717) is 6.42 Å². The molecule has 0 amide bonds. The lowest BCUT2D eigenvalue weighted by Crippen LogP contribution is -2.13. The third kappa shape index (κ3) is 1.47. The van der Waals surface area contributed by atoms with Crippen LogP contribution >= 0.6 is 0 Å². The van der Waals surface area contributed by atoms with Gasteiger partial charge in [-0.25, -0.2) is 8.78 Å². The van der Waals surface area contributed by atoms with E-state index in [2.05, 4.69) is 10.5 Å². The normalized spacial score (nSPS) is 20.5. The van der Waals surface area contributed by atoms with E-state index in [1.807, 2.05) is 6.92 Å². The first kappa shape index (κ1) is 9.12. The minimum absolute atomic E-state index is 0.0769. The first-order valence-electron chi connectivity index (χ1n) is 4.41. The van der Waals surface area contributed by atoms with E-state index in [0.717, 1.165) is 5.71 Å². The summed E-state index contributed by atoms with van der Waals surface area (Å²) in [6.45, 7) is 1.83. The van der Waals surface area contributed by atoms with Crippen LogP contribution in [-0.2, 0) is 0 Å². The molecule has 14 heavy (non-hydrogen) atoms. The van der Waals surface area contributed by atoms with Crippen molar-refractivity contribution in [3.05, 3.63) is 35.4 Å². The molecule has 0 radical (unpaired) electrons. The van der Waals surface area contributed by atoms with Gasteiger partial charge in [-0.1, -0.05) is 6.07 Å². The Morgan fingerprint density at radius 1 is 1.36 bits per heavy atom. The van der Waals surface area contributed by atoms with Crippen molar-refractivity contribution in [1.82, 2.24) is 5.43 Å². The van der Waals surface area contributed by atoms with Gasteiger partial charge in [0.2, 0.25) is 0 Å². The van der Waals surface area contributed by atoms with Gasteiger partial charge in [0.25, 0.3) is 0 Å². The zero-order valence-corrected chi connectivity index (χ0v) is 7.72. The maximum atomic E-state index is 13.3. The fraction of sp³-hybridized carbons (Fsp3) is 0.300. The molecule has 0 bridgehead atoms. The lowest BCUT2D eigenvalue weighted by Gasteiger charge is -2.11. The van der Waals surface area contributed by atoms with E-state index in [-0.39, 0.29) is 11.6 Å². The van der Waals surface area contributed by atoms with Gasteiger partial charge >= 0.3 is 0 Å². The minimum atomic E-state index is -0.521. The van der Waals surface area contributed by atoms with Crippen LogP contribution in [0.1, 0.15) is 24.9 Å². The number of hydrogen-bond donors (Lipinski definition) is 1. The zero-order valence-electron chi connectivity index (χ0n) is 7.72. The fourth-order valence-corrected chi connectivity index (χ4v) is 1.59. The molecule has 1 aliphatic rings. The number of halogens is 2. The molecule has 0 spiro atoms. The molecule has 0 aromatic heterocycles. The summed E-state index contributed by atoms with van der Waals surface area (Å²) in [6, 6.07) is 3.51. The molecule has 1 unspecified atom stereocenters. The smallest absolute Gasteiger partial charge is 0.131 e. The lowest BCUT2D eigenvalue weighted by atomic mass is 10.0. The van der Waals surface area contributed by atoms with Crippen molar-refractivity contribution in [2.45, 2.75) is 19.4 Å². The highest BCUT2D eigenvalue weighted by atomic mass is 19.1. The summed E-state index contributed by atoms with van der Waals surface area (Å²) in [6.07, 6.45) is 0.553. The van der Waals surface area contributed by atoms with E-state index in [4.69, 9.17) is 0 Å². The van der Waals surface area contributed by atoms with E-state index in [9.17, 15) is 8.78 Å². The van der Waals surface area contributed by atoms with Crippen LogP contribution in [0.2, 0.25) is 0 Å². The molecule has 1 aromatic rings. The van der Waals surface area contributed by atoms with Crippen molar-refractivity contribution < 1.29 is 8.78 Å². The summed E-state index contributed by atoms with van der Waals surface area (Å²) in [7, 11) is 0. The molecule has 0 saturated carbocycles. The lowest BCUT2D eigenvalue weighted by molar-refractivity contribution is 0.501. The maximum Gasteiger partial charge on any atom is 0.131 e. The highest BCUT2D eigenvalue weighted by molar-refractivity contribution is 5.83. The molecular formula is C10H10F2N2. The van der Waals surface area contributed by atoms with Crippen molar-refractivity contribution in [1.29, 1.82) is 0 Å². The second kappa shape index (κ2) is 3.36. The van der Waals surface area contributed by atoms with Crippen LogP contribution < -0.4 is 5.43 Å². The number of nitrogens with one attached hydrogen (secondary N) is 1. The Morgan fingerprint density at radius 2 is 2.00 bits per heavy atom. The Labute approximate surface area is 80.6 Å². The molecule has 0 fully saturated rings. The Hall–Kier alpha value is -1.45.